The zero-order chi connectivity index (χ0) is 15.2. The van der Waals surface area contributed by atoms with Gasteiger partial charge in [0.1, 0.15) is 5.75 Å². The molecule has 108 valence electrons. The molecule has 0 bridgehead atoms. The third kappa shape index (κ3) is 3.83. The van der Waals surface area contributed by atoms with Gasteiger partial charge in [0, 0.05) is 10.6 Å². The average Bonchev–Trinajstić information content (AvgIpc) is 2.53. The van der Waals surface area contributed by atoms with Crippen molar-refractivity contribution < 1.29 is 19.1 Å². The highest BCUT2D eigenvalue weighted by Crippen LogP contribution is 2.16. The predicted molar refractivity (Wildman–Crippen MR) is 78.7 cm³/mol. The Morgan fingerprint density at radius 3 is 2.19 bits per heavy atom. The van der Waals surface area contributed by atoms with Gasteiger partial charge >= 0.3 is 5.97 Å². The van der Waals surface area contributed by atoms with Crippen molar-refractivity contribution in [2.75, 3.05) is 7.11 Å². The molecule has 0 heterocycles. The van der Waals surface area contributed by atoms with Gasteiger partial charge in [-0.25, -0.2) is 4.79 Å². The number of halogens is 1. The van der Waals surface area contributed by atoms with Crippen molar-refractivity contribution in [1.29, 1.82) is 0 Å². The van der Waals surface area contributed by atoms with E-state index in [0.29, 0.717) is 16.3 Å². The third-order valence-electron chi connectivity index (χ3n) is 2.78. The highest BCUT2D eigenvalue weighted by atomic mass is 35.5. The Morgan fingerprint density at radius 1 is 1.00 bits per heavy atom. The molecule has 4 nitrogen and oxygen atoms in total. The zero-order valence-electron chi connectivity index (χ0n) is 11.3. The molecule has 0 saturated heterocycles. The Balaban J connectivity index is 2.25. The molecule has 0 fully saturated rings. The van der Waals surface area contributed by atoms with Gasteiger partial charge < -0.3 is 9.47 Å². The molecule has 0 aromatic heterocycles. The summed E-state index contributed by atoms with van der Waals surface area (Å²) in [4.78, 5) is 24.2. The van der Waals surface area contributed by atoms with Crippen LogP contribution in [0.1, 0.15) is 10.4 Å². The molecule has 2 aromatic rings. The second-order valence-corrected chi connectivity index (χ2v) is 4.64. The summed E-state index contributed by atoms with van der Waals surface area (Å²) in [7, 11) is 1.21. The fraction of sp³-hybridized carbons (Fsp3) is 0.125. The van der Waals surface area contributed by atoms with Crippen molar-refractivity contribution >= 4 is 23.4 Å². The number of ether oxygens (including phenoxy) is 2. The summed E-state index contributed by atoms with van der Waals surface area (Å²) in [5.41, 5.74) is 0.325. The van der Waals surface area contributed by atoms with Gasteiger partial charge in [0.2, 0.25) is 5.78 Å². The highest BCUT2D eigenvalue weighted by Gasteiger charge is 2.30. The fourth-order valence-electron chi connectivity index (χ4n) is 1.72. The summed E-state index contributed by atoms with van der Waals surface area (Å²) in [5, 5.41) is 0.505. The van der Waals surface area contributed by atoms with Gasteiger partial charge in [-0.05, 0) is 36.4 Å². The topological polar surface area (TPSA) is 52.6 Å². The summed E-state index contributed by atoms with van der Waals surface area (Å²) >= 11 is 5.78. The van der Waals surface area contributed by atoms with E-state index in [1.165, 1.54) is 19.2 Å². The minimum Gasteiger partial charge on any atom is -0.470 e. The number of rotatable bonds is 5. The highest BCUT2D eigenvalue weighted by molar-refractivity contribution is 6.30. The van der Waals surface area contributed by atoms with E-state index in [1.807, 2.05) is 0 Å². The van der Waals surface area contributed by atoms with E-state index in [0.717, 1.165) is 0 Å². The zero-order valence-corrected chi connectivity index (χ0v) is 12.0. The van der Waals surface area contributed by atoms with Gasteiger partial charge in [-0.3, -0.25) is 4.79 Å². The Labute approximate surface area is 127 Å². The molecule has 5 heteroatoms. The van der Waals surface area contributed by atoms with E-state index in [1.54, 1.807) is 42.5 Å². The van der Waals surface area contributed by atoms with Crippen LogP contribution in [0.15, 0.2) is 54.6 Å². The second kappa shape index (κ2) is 6.90. The minimum absolute atomic E-state index is 0.325. The SMILES string of the molecule is COC(=O)C(Oc1ccccc1)C(=O)c1ccc(Cl)cc1. The molecule has 0 spiro atoms. The summed E-state index contributed by atoms with van der Waals surface area (Å²) in [6.07, 6.45) is -1.35. The number of carbonyl (C=O) groups is 2. The normalized spacial score (nSPS) is 11.5. The van der Waals surface area contributed by atoms with Gasteiger partial charge in [0.05, 0.1) is 7.11 Å². The average molecular weight is 305 g/mol. The molecule has 0 N–H and O–H groups in total. The molecular weight excluding hydrogens is 292 g/mol. The quantitative estimate of drug-likeness (QED) is 0.484. The second-order valence-electron chi connectivity index (χ2n) is 4.21. The van der Waals surface area contributed by atoms with Gasteiger partial charge in [0.25, 0.3) is 6.10 Å². The van der Waals surface area contributed by atoms with Crippen LogP contribution in [0.5, 0.6) is 5.75 Å². The molecule has 1 unspecified atom stereocenters. The lowest BCUT2D eigenvalue weighted by molar-refractivity contribution is -0.146. The number of Topliss-reactive ketones (excluding diaryl/α,β-unsaturated/α-hetero) is 1. The van der Waals surface area contributed by atoms with E-state index in [4.69, 9.17) is 16.3 Å². The van der Waals surface area contributed by atoms with Crippen LogP contribution in [-0.2, 0) is 9.53 Å². The van der Waals surface area contributed by atoms with Crippen LogP contribution in [-0.4, -0.2) is 25.0 Å². The Hall–Kier alpha value is -2.33. The maximum atomic E-state index is 12.4. The Morgan fingerprint density at radius 2 is 1.62 bits per heavy atom. The van der Waals surface area contributed by atoms with Crippen molar-refractivity contribution in [3.8, 4) is 5.75 Å². The van der Waals surface area contributed by atoms with Crippen LogP contribution in [0.4, 0.5) is 0 Å². The van der Waals surface area contributed by atoms with Crippen LogP contribution in [0.25, 0.3) is 0 Å². The van der Waals surface area contributed by atoms with E-state index >= 15 is 0 Å². The molecule has 0 amide bonds. The third-order valence-corrected chi connectivity index (χ3v) is 3.03. The lowest BCUT2D eigenvalue weighted by Gasteiger charge is -2.16. The number of methoxy groups -OCH3 is 1. The van der Waals surface area contributed by atoms with Crippen LogP contribution in [0, 0.1) is 0 Å². The van der Waals surface area contributed by atoms with Gasteiger partial charge in [-0.15, -0.1) is 0 Å². The number of hydrogen-bond donors (Lipinski definition) is 0. The van der Waals surface area contributed by atoms with Crippen LogP contribution < -0.4 is 4.74 Å². The maximum Gasteiger partial charge on any atom is 0.355 e. The van der Waals surface area contributed by atoms with Gasteiger partial charge in [-0.2, -0.15) is 0 Å². The Kier molecular flexibility index (Phi) is 4.95. The fourth-order valence-corrected chi connectivity index (χ4v) is 1.84. The summed E-state index contributed by atoms with van der Waals surface area (Å²) in [6.45, 7) is 0. The first-order valence-electron chi connectivity index (χ1n) is 6.21. The van der Waals surface area contributed by atoms with E-state index in [-0.39, 0.29) is 0 Å². The van der Waals surface area contributed by atoms with Crippen molar-refractivity contribution in [1.82, 2.24) is 0 Å². The first-order valence-corrected chi connectivity index (χ1v) is 6.59. The first kappa shape index (κ1) is 15.1. The summed E-state index contributed by atoms with van der Waals surface area (Å²) in [6, 6.07) is 14.8. The number of carbonyl (C=O) groups excluding carboxylic acids is 2. The lowest BCUT2D eigenvalue weighted by Crippen LogP contribution is -2.36. The number of esters is 1. The largest absolute Gasteiger partial charge is 0.470 e. The smallest absolute Gasteiger partial charge is 0.355 e. The Bertz CT molecular complexity index is 622. The lowest BCUT2D eigenvalue weighted by atomic mass is 10.1. The van der Waals surface area contributed by atoms with Crippen LogP contribution >= 0.6 is 11.6 Å². The standard InChI is InChI=1S/C16H13ClO4/c1-20-16(19)15(21-13-5-3-2-4-6-13)14(18)11-7-9-12(17)10-8-11/h2-10,15H,1H3. The van der Waals surface area contributed by atoms with Crippen molar-refractivity contribution in [2.24, 2.45) is 0 Å². The molecule has 1 atom stereocenters. The first-order chi connectivity index (χ1) is 10.1. The minimum atomic E-state index is -1.35. The molecule has 0 aliphatic carbocycles. The van der Waals surface area contributed by atoms with Crippen molar-refractivity contribution in [3.05, 3.63) is 65.2 Å². The van der Waals surface area contributed by atoms with E-state index in [9.17, 15) is 9.59 Å². The number of hydrogen-bond acceptors (Lipinski definition) is 4. The molecule has 2 aromatic carbocycles. The molecule has 0 radical (unpaired) electrons. The van der Waals surface area contributed by atoms with Gasteiger partial charge in [0.15, 0.2) is 0 Å². The van der Waals surface area contributed by atoms with Crippen LogP contribution in [0.2, 0.25) is 5.02 Å². The summed E-state index contributed by atoms with van der Waals surface area (Å²) in [5.74, 6) is -0.823. The maximum absolute atomic E-state index is 12.4. The number of para-hydroxylation sites is 1. The van der Waals surface area contributed by atoms with Crippen molar-refractivity contribution in [2.45, 2.75) is 6.10 Å². The number of ketones is 1. The molecule has 2 rings (SSSR count). The molecule has 0 saturated carbocycles. The monoisotopic (exact) mass is 304 g/mol. The number of benzene rings is 2. The summed E-state index contributed by atoms with van der Waals surface area (Å²) < 4.78 is 10.1. The van der Waals surface area contributed by atoms with Crippen molar-refractivity contribution in [3.63, 3.8) is 0 Å². The van der Waals surface area contributed by atoms with E-state index < -0.39 is 17.9 Å². The molecule has 0 aliphatic heterocycles. The van der Waals surface area contributed by atoms with E-state index in [2.05, 4.69) is 4.74 Å². The van der Waals surface area contributed by atoms with Gasteiger partial charge in [-0.1, -0.05) is 29.8 Å². The van der Waals surface area contributed by atoms with Crippen LogP contribution in [0.3, 0.4) is 0 Å². The molecule has 21 heavy (non-hydrogen) atoms. The molecular formula is C16H13ClO4. The predicted octanol–water partition coefficient (Wildman–Crippen LogP) is 3.14. The molecule has 0 aliphatic rings.